The van der Waals surface area contributed by atoms with Crippen molar-refractivity contribution in [3.8, 4) is 0 Å². The van der Waals surface area contributed by atoms with Crippen LogP contribution in [-0.4, -0.2) is 32.0 Å². The topological polar surface area (TPSA) is 62.7 Å². The molecule has 0 radical (unpaired) electrons. The molecule has 1 rings (SSSR count). The number of nitrogens with zero attached hydrogens (tertiary/aromatic N) is 1. The summed E-state index contributed by atoms with van der Waals surface area (Å²) < 4.78 is 5.20. The van der Waals surface area contributed by atoms with Crippen LogP contribution in [0.3, 0.4) is 0 Å². The number of amides is 2. The van der Waals surface area contributed by atoms with E-state index < -0.39 is 0 Å². The number of carbonyl (C=O) groups is 1. The summed E-state index contributed by atoms with van der Waals surface area (Å²) in [4.78, 5) is 10.8. The molecule has 2 amide bonds. The Labute approximate surface area is 77.5 Å². The van der Waals surface area contributed by atoms with Gasteiger partial charge in [0.2, 0.25) is 0 Å². The first-order chi connectivity index (χ1) is 6.24. The molecule has 0 bridgehead atoms. The zero-order valence-electron chi connectivity index (χ0n) is 7.96. The molecule has 5 heteroatoms. The van der Waals surface area contributed by atoms with Crippen LogP contribution in [-0.2, 0) is 4.74 Å². The molecule has 1 unspecified atom stereocenters. The van der Waals surface area contributed by atoms with Crippen LogP contribution in [0.25, 0.3) is 0 Å². The average Bonchev–Trinajstić information content (AvgIpc) is 2.66. The molecule has 5 nitrogen and oxygen atoms in total. The van der Waals surface area contributed by atoms with Gasteiger partial charge in [-0.05, 0) is 13.3 Å². The predicted octanol–water partition coefficient (Wildman–Crippen LogP) is 0.328. The first-order valence-corrected chi connectivity index (χ1v) is 4.33. The third kappa shape index (κ3) is 3.02. The third-order valence-corrected chi connectivity index (χ3v) is 2.08. The maximum absolute atomic E-state index is 10.8. The molecule has 0 aromatic heterocycles. The van der Waals surface area contributed by atoms with Gasteiger partial charge in [-0.2, -0.15) is 5.10 Å². The van der Waals surface area contributed by atoms with Gasteiger partial charge < -0.3 is 10.1 Å². The number of rotatable bonds is 2. The second-order valence-electron chi connectivity index (χ2n) is 3.00. The molecule has 1 saturated heterocycles. The largest absolute Gasteiger partial charge is 0.381 e. The van der Waals surface area contributed by atoms with E-state index in [0.29, 0.717) is 12.5 Å². The molecule has 1 fully saturated rings. The van der Waals surface area contributed by atoms with E-state index in [1.165, 1.54) is 0 Å². The Morgan fingerprint density at radius 1 is 1.62 bits per heavy atom. The van der Waals surface area contributed by atoms with Crippen LogP contribution in [0.4, 0.5) is 4.79 Å². The minimum atomic E-state index is -0.293. The van der Waals surface area contributed by atoms with Gasteiger partial charge in [0.1, 0.15) is 0 Å². The molecule has 1 atom stereocenters. The Hall–Kier alpha value is -1.10. The molecule has 0 spiro atoms. The summed E-state index contributed by atoms with van der Waals surface area (Å²) in [5.74, 6) is 0.358. The van der Waals surface area contributed by atoms with E-state index >= 15 is 0 Å². The molecule has 1 heterocycles. The molecule has 2 N–H and O–H groups in total. The van der Waals surface area contributed by atoms with Crippen LogP contribution in [0.15, 0.2) is 5.10 Å². The molecular formula is C8H15N3O2. The lowest BCUT2D eigenvalue weighted by atomic mass is 10.0. The minimum absolute atomic E-state index is 0.293. The van der Waals surface area contributed by atoms with Gasteiger partial charge in [-0.1, -0.05) is 0 Å². The Balaban J connectivity index is 2.36. The van der Waals surface area contributed by atoms with Crippen molar-refractivity contribution in [2.75, 3.05) is 20.3 Å². The van der Waals surface area contributed by atoms with Gasteiger partial charge >= 0.3 is 6.03 Å². The number of nitrogens with one attached hydrogen (secondary N) is 2. The second-order valence-corrected chi connectivity index (χ2v) is 3.00. The fourth-order valence-electron chi connectivity index (χ4n) is 1.15. The molecule has 0 saturated carbocycles. The molecule has 13 heavy (non-hydrogen) atoms. The van der Waals surface area contributed by atoms with Crippen LogP contribution in [0.5, 0.6) is 0 Å². The maximum Gasteiger partial charge on any atom is 0.334 e. The van der Waals surface area contributed by atoms with E-state index in [1.807, 2.05) is 6.92 Å². The fourth-order valence-corrected chi connectivity index (χ4v) is 1.15. The lowest BCUT2D eigenvalue weighted by Gasteiger charge is -2.06. The van der Waals surface area contributed by atoms with Crippen molar-refractivity contribution < 1.29 is 9.53 Å². The molecule has 1 aliphatic rings. The van der Waals surface area contributed by atoms with Crippen molar-refractivity contribution in [1.29, 1.82) is 0 Å². The van der Waals surface area contributed by atoms with Gasteiger partial charge in [0, 0.05) is 25.3 Å². The van der Waals surface area contributed by atoms with Crippen molar-refractivity contribution in [2.24, 2.45) is 11.0 Å². The Morgan fingerprint density at radius 3 is 2.92 bits per heavy atom. The lowest BCUT2D eigenvalue weighted by Crippen LogP contribution is -2.30. The molecule has 0 aromatic rings. The number of urea groups is 1. The number of hydrogen-bond donors (Lipinski definition) is 2. The van der Waals surface area contributed by atoms with Gasteiger partial charge in [0.15, 0.2) is 0 Å². The SMILES string of the molecule is CNC(=O)N/N=C(\C)C1CCOC1. The summed E-state index contributed by atoms with van der Waals surface area (Å²) in [6, 6.07) is -0.293. The zero-order chi connectivity index (χ0) is 9.68. The third-order valence-electron chi connectivity index (χ3n) is 2.08. The van der Waals surface area contributed by atoms with Gasteiger partial charge in [-0.3, -0.25) is 0 Å². The smallest absolute Gasteiger partial charge is 0.334 e. The number of hydrogen-bond acceptors (Lipinski definition) is 3. The Morgan fingerprint density at radius 2 is 2.38 bits per heavy atom. The normalized spacial score (nSPS) is 22.9. The highest BCUT2D eigenvalue weighted by atomic mass is 16.5. The first-order valence-electron chi connectivity index (χ1n) is 4.33. The van der Waals surface area contributed by atoms with Gasteiger partial charge in [0.25, 0.3) is 0 Å². The van der Waals surface area contributed by atoms with Crippen molar-refractivity contribution >= 4 is 11.7 Å². The van der Waals surface area contributed by atoms with Crippen LogP contribution < -0.4 is 10.7 Å². The highest BCUT2D eigenvalue weighted by molar-refractivity contribution is 5.86. The summed E-state index contributed by atoms with van der Waals surface area (Å²) in [6.07, 6.45) is 0.991. The van der Waals surface area contributed by atoms with Gasteiger partial charge in [-0.15, -0.1) is 0 Å². The Kier molecular flexibility index (Phi) is 3.70. The summed E-state index contributed by atoms with van der Waals surface area (Å²) >= 11 is 0. The van der Waals surface area contributed by atoms with E-state index in [1.54, 1.807) is 7.05 Å². The highest BCUT2D eigenvalue weighted by Gasteiger charge is 2.18. The van der Waals surface area contributed by atoms with Crippen LogP contribution in [0, 0.1) is 5.92 Å². The van der Waals surface area contributed by atoms with Crippen LogP contribution >= 0.6 is 0 Å². The van der Waals surface area contributed by atoms with Gasteiger partial charge in [0.05, 0.1) is 6.61 Å². The van der Waals surface area contributed by atoms with E-state index in [0.717, 1.165) is 18.7 Å². The van der Waals surface area contributed by atoms with E-state index in [2.05, 4.69) is 15.8 Å². The highest BCUT2D eigenvalue weighted by Crippen LogP contribution is 2.13. The summed E-state index contributed by atoms with van der Waals surface area (Å²) in [7, 11) is 1.55. The van der Waals surface area contributed by atoms with Crippen molar-refractivity contribution in [3.05, 3.63) is 0 Å². The summed E-state index contributed by atoms with van der Waals surface area (Å²) in [5.41, 5.74) is 3.31. The monoisotopic (exact) mass is 185 g/mol. The number of hydrazone groups is 1. The quantitative estimate of drug-likeness (QED) is 0.481. The van der Waals surface area contributed by atoms with E-state index in [9.17, 15) is 4.79 Å². The zero-order valence-corrected chi connectivity index (χ0v) is 7.96. The van der Waals surface area contributed by atoms with E-state index in [-0.39, 0.29) is 6.03 Å². The van der Waals surface area contributed by atoms with Crippen LogP contribution in [0.1, 0.15) is 13.3 Å². The van der Waals surface area contributed by atoms with Crippen molar-refractivity contribution in [3.63, 3.8) is 0 Å². The molecule has 0 aliphatic carbocycles. The van der Waals surface area contributed by atoms with Gasteiger partial charge in [-0.25, -0.2) is 10.2 Å². The molecular weight excluding hydrogens is 170 g/mol. The number of carbonyl (C=O) groups excluding carboxylic acids is 1. The maximum atomic E-state index is 10.8. The van der Waals surface area contributed by atoms with Crippen molar-refractivity contribution in [1.82, 2.24) is 10.7 Å². The molecule has 0 aromatic carbocycles. The predicted molar refractivity (Wildman–Crippen MR) is 49.6 cm³/mol. The van der Waals surface area contributed by atoms with Crippen molar-refractivity contribution in [2.45, 2.75) is 13.3 Å². The minimum Gasteiger partial charge on any atom is -0.381 e. The number of ether oxygens (including phenoxy) is 1. The fraction of sp³-hybridized carbons (Fsp3) is 0.750. The average molecular weight is 185 g/mol. The van der Waals surface area contributed by atoms with E-state index in [4.69, 9.17) is 4.74 Å². The Bertz CT molecular complexity index is 209. The second kappa shape index (κ2) is 4.81. The molecule has 74 valence electrons. The summed E-state index contributed by atoms with van der Waals surface area (Å²) in [6.45, 7) is 3.40. The van der Waals surface area contributed by atoms with Crippen LogP contribution in [0.2, 0.25) is 0 Å². The standard InChI is InChI=1S/C8H15N3O2/c1-6(7-3-4-13-5-7)10-11-8(12)9-2/h7H,3-5H2,1-2H3,(H2,9,11,12)/b10-6+. The first kappa shape index (κ1) is 9.98. The molecule has 1 aliphatic heterocycles. The lowest BCUT2D eigenvalue weighted by molar-refractivity contribution is 0.193. The summed E-state index contributed by atoms with van der Waals surface area (Å²) in [5, 5.41) is 6.37.